The van der Waals surface area contributed by atoms with Gasteiger partial charge in [0.15, 0.2) is 4.96 Å². The Morgan fingerprint density at radius 2 is 1.82 bits per heavy atom. The van der Waals surface area contributed by atoms with Crippen molar-refractivity contribution in [2.45, 2.75) is 13.2 Å². The Morgan fingerprint density at radius 1 is 1.04 bits per heavy atom. The number of aromatic nitrogens is 2. The van der Waals surface area contributed by atoms with Crippen molar-refractivity contribution in [1.82, 2.24) is 9.38 Å². The van der Waals surface area contributed by atoms with Gasteiger partial charge in [-0.1, -0.05) is 36.4 Å². The fraction of sp³-hybridized carbons (Fsp3) is 0.0952. The Hall–Kier alpha value is -3.45. The number of benzene rings is 2. The van der Waals surface area contributed by atoms with Crippen molar-refractivity contribution in [2.24, 2.45) is 0 Å². The van der Waals surface area contributed by atoms with E-state index in [9.17, 15) is 9.59 Å². The van der Waals surface area contributed by atoms with E-state index >= 15 is 0 Å². The van der Waals surface area contributed by atoms with Crippen LogP contribution in [-0.4, -0.2) is 15.4 Å². The third kappa shape index (κ3) is 3.94. The molecule has 0 fully saturated rings. The van der Waals surface area contributed by atoms with Crippen molar-refractivity contribution in [2.75, 3.05) is 0 Å². The average molecular weight is 392 g/mol. The van der Waals surface area contributed by atoms with Gasteiger partial charge in [-0.3, -0.25) is 9.20 Å². The minimum atomic E-state index is -0.486. The summed E-state index contributed by atoms with van der Waals surface area (Å²) in [6, 6.07) is 17.9. The van der Waals surface area contributed by atoms with Gasteiger partial charge in [0.2, 0.25) is 0 Å². The molecule has 0 atom stereocenters. The second kappa shape index (κ2) is 8.06. The molecule has 0 aliphatic carbocycles. The van der Waals surface area contributed by atoms with Gasteiger partial charge in [0.1, 0.15) is 19.0 Å². The van der Waals surface area contributed by atoms with Crippen LogP contribution in [0.1, 0.15) is 21.6 Å². The standard InChI is InChI=1S/C21H16N2O4S/c24-19-12-16(22-21-23(19)10-11-28-21)14-27-20(25)18-9-5-4-6-15(18)13-26-17-7-2-1-3-8-17/h1-12H,13-14H2. The number of carbonyl (C=O) groups excluding carboxylic acids is 1. The lowest BCUT2D eigenvalue weighted by molar-refractivity contribution is 0.0465. The number of thiazole rings is 1. The van der Waals surface area contributed by atoms with Crippen LogP contribution >= 0.6 is 11.3 Å². The largest absolute Gasteiger partial charge is 0.489 e. The highest BCUT2D eigenvalue weighted by atomic mass is 32.1. The Balaban J connectivity index is 1.46. The molecule has 0 unspecified atom stereocenters. The topological polar surface area (TPSA) is 69.9 Å². The molecule has 7 heteroatoms. The zero-order valence-corrected chi connectivity index (χ0v) is 15.6. The Labute approximate surface area is 164 Å². The molecule has 28 heavy (non-hydrogen) atoms. The molecular weight excluding hydrogens is 376 g/mol. The number of esters is 1. The quantitative estimate of drug-likeness (QED) is 0.468. The maximum atomic E-state index is 12.6. The Morgan fingerprint density at radius 3 is 2.68 bits per heavy atom. The van der Waals surface area contributed by atoms with Crippen LogP contribution in [0.4, 0.5) is 0 Å². The predicted molar refractivity (Wildman–Crippen MR) is 106 cm³/mol. The van der Waals surface area contributed by atoms with Crippen LogP contribution in [0.3, 0.4) is 0 Å². The first kappa shape index (κ1) is 17.9. The van der Waals surface area contributed by atoms with Crippen LogP contribution in [0, 0.1) is 0 Å². The number of hydrogen-bond donors (Lipinski definition) is 0. The molecule has 2 aromatic carbocycles. The van der Waals surface area contributed by atoms with Gasteiger partial charge in [0.25, 0.3) is 5.56 Å². The van der Waals surface area contributed by atoms with Gasteiger partial charge in [-0.05, 0) is 18.2 Å². The van der Waals surface area contributed by atoms with E-state index in [0.29, 0.717) is 16.2 Å². The van der Waals surface area contributed by atoms with Crippen LogP contribution in [0.25, 0.3) is 4.96 Å². The van der Waals surface area contributed by atoms with Crippen LogP contribution in [0.15, 0.2) is 77.0 Å². The van der Waals surface area contributed by atoms with Crippen LogP contribution in [-0.2, 0) is 18.0 Å². The van der Waals surface area contributed by atoms with Gasteiger partial charge in [-0.25, -0.2) is 9.78 Å². The Kier molecular flexibility index (Phi) is 5.16. The van der Waals surface area contributed by atoms with Gasteiger partial charge in [0.05, 0.1) is 11.3 Å². The van der Waals surface area contributed by atoms with E-state index in [-0.39, 0.29) is 18.8 Å². The number of rotatable bonds is 6. The summed E-state index contributed by atoms with van der Waals surface area (Å²) in [4.78, 5) is 29.5. The zero-order chi connectivity index (χ0) is 19.3. The first-order valence-electron chi connectivity index (χ1n) is 8.59. The lowest BCUT2D eigenvalue weighted by Crippen LogP contribution is -2.15. The number of hydrogen-bond acceptors (Lipinski definition) is 6. The lowest BCUT2D eigenvalue weighted by atomic mass is 10.1. The molecular formula is C21H16N2O4S. The van der Waals surface area contributed by atoms with Crippen LogP contribution in [0.2, 0.25) is 0 Å². The molecule has 0 amide bonds. The number of carbonyl (C=O) groups is 1. The van der Waals surface area contributed by atoms with Gasteiger partial charge in [0, 0.05) is 23.2 Å². The number of fused-ring (bicyclic) bond motifs is 1. The summed E-state index contributed by atoms with van der Waals surface area (Å²) < 4.78 is 12.6. The zero-order valence-electron chi connectivity index (χ0n) is 14.8. The summed E-state index contributed by atoms with van der Waals surface area (Å²) in [5, 5.41) is 1.78. The summed E-state index contributed by atoms with van der Waals surface area (Å²) >= 11 is 1.35. The van der Waals surface area contributed by atoms with E-state index in [1.807, 2.05) is 42.5 Å². The molecule has 0 radical (unpaired) electrons. The molecule has 4 aromatic rings. The van der Waals surface area contributed by atoms with Crippen molar-refractivity contribution < 1.29 is 14.3 Å². The van der Waals surface area contributed by atoms with E-state index in [2.05, 4.69) is 4.98 Å². The highest BCUT2D eigenvalue weighted by molar-refractivity contribution is 7.15. The van der Waals surface area contributed by atoms with Crippen LogP contribution in [0.5, 0.6) is 5.75 Å². The summed E-state index contributed by atoms with van der Waals surface area (Å²) in [6.07, 6.45) is 1.66. The van der Waals surface area contributed by atoms with Crippen molar-refractivity contribution in [3.63, 3.8) is 0 Å². The third-order valence-electron chi connectivity index (χ3n) is 4.08. The number of nitrogens with zero attached hydrogens (tertiary/aromatic N) is 2. The minimum Gasteiger partial charge on any atom is -0.489 e. The normalized spacial score (nSPS) is 10.7. The second-order valence-electron chi connectivity index (χ2n) is 5.98. The molecule has 0 N–H and O–H groups in total. The monoisotopic (exact) mass is 392 g/mol. The fourth-order valence-electron chi connectivity index (χ4n) is 2.70. The molecule has 0 saturated heterocycles. The predicted octanol–water partition coefficient (Wildman–Crippen LogP) is 3.69. The third-order valence-corrected chi connectivity index (χ3v) is 4.84. The minimum absolute atomic E-state index is 0.0731. The second-order valence-corrected chi connectivity index (χ2v) is 6.85. The molecule has 0 aliphatic rings. The summed E-state index contributed by atoms with van der Waals surface area (Å²) in [5.41, 5.74) is 1.36. The average Bonchev–Trinajstić information content (AvgIpc) is 3.21. The smallest absolute Gasteiger partial charge is 0.338 e. The van der Waals surface area contributed by atoms with E-state index in [1.165, 1.54) is 21.8 Å². The van der Waals surface area contributed by atoms with Crippen molar-refractivity contribution in [3.05, 3.63) is 99.4 Å². The highest BCUT2D eigenvalue weighted by Gasteiger charge is 2.14. The summed E-state index contributed by atoms with van der Waals surface area (Å²) in [7, 11) is 0. The van der Waals surface area contributed by atoms with Crippen molar-refractivity contribution in [1.29, 1.82) is 0 Å². The SMILES string of the molecule is O=C(OCc1cc(=O)n2ccsc2n1)c1ccccc1COc1ccccc1. The van der Waals surface area contributed by atoms with Gasteiger partial charge >= 0.3 is 5.97 Å². The van der Waals surface area contributed by atoms with Crippen LogP contribution < -0.4 is 10.3 Å². The number of ether oxygens (including phenoxy) is 2. The van der Waals surface area contributed by atoms with Gasteiger partial charge in [-0.15, -0.1) is 11.3 Å². The Bertz CT molecular complexity index is 1170. The summed E-state index contributed by atoms with van der Waals surface area (Å²) in [5.74, 6) is 0.236. The molecule has 0 aliphatic heterocycles. The molecule has 0 saturated carbocycles. The molecule has 0 spiro atoms. The molecule has 140 valence electrons. The molecule has 2 heterocycles. The first-order chi connectivity index (χ1) is 13.7. The van der Waals surface area contributed by atoms with Crippen molar-refractivity contribution in [3.8, 4) is 5.75 Å². The maximum absolute atomic E-state index is 12.6. The molecule has 6 nitrogen and oxygen atoms in total. The van der Waals surface area contributed by atoms with E-state index in [4.69, 9.17) is 9.47 Å². The first-order valence-corrected chi connectivity index (χ1v) is 9.47. The molecule has 4 rings (SSSR count). The van der Waals surface area contributed by atoms with Gasteiger partial charge in [-0.2, -0.15) is 0 Å². The highest BCUT2D eigenvalue weighted by Crippen LogP contribution is 2.16. The van der Waals surface area contributed by atoms with E-state index < -0.39 is 5.97 Å². The molecule has 2 aromatic heterocycles. The van der Waals surface area contributed by atoms with E-state index in [1.54, 1.807) is 23.7 Å². The lowest BCUT2D eigenvalue weighted by Gasteiger charge is -2.11. The van der Waals surface area contributed by atoms with Gasteiger partial charge < -0.3 is 9.47 Å². The summed E-state index contributed by atoms with van der Waals surface area (Å²) in [6.45, 7) is 0.173. The van der Waals surface area contributed by atoms with Crippen molar-refractivity contribution >= 4 is 22.3 Å². The molecule has 0 bridgehead atoms. The van der Waals surface area contributed by atoms with E-state index in [0.717, 1.165) is 11.3 Å². The fourth-order valence-corrected chi connectivity index (χ4v) is 3.44. The number of para-hydroxylation sites is 1. The maximum Gasteiger partial charge on any atom is 0.338 e.